The first kappa shape index (κ1) is 30.9. The first-order valence-corrected chi connectivity index (χ1v) is 19.0. The maximum Gasteiger partial charge on any atom is 0.143 e. The SMILES string of the molecule is c1ccc(N(c2ccc(-c3cc(-n4c5ccccc5c5ccccc54)cc4c3oc3ccccc34)cc2)c2ccc3c(c2)oc2c4ccccc4ccc32)cc1. The van der Waals surface area contributed by atoms with Crippen molar-refractivity contribution >= 4 is 93.5 Å². The van der Waals surface area contributed by atoms with E-state index in [1.807, 2.05) is 6.07 Å². The zero-order chi connectivity index (χ0) is 36.7. The van der Waals surface area contributed by atoms with E-state index in [-0.39, 0.29) is 0 Å². The number of nitrogens with zero attached hydrogens (tertiary/aromatic N) is 2. The van der Waals surface area contributed by atoms with Gasteiger partial charge in [-0.2, -0.15) is 0 Å². The molecule has 262 valence electrons. The van der Waals surface area contributed by atoms with Gasteiger partial charge in [0, 0.05) is 72.1 Å². The summed E-state index contributed by atoms with van der Waals surface area (Å²) in [5.74, 6) is 0. The van der Waals surface area contributed by atoms with Crippen molar-refractivity contribution in [2.45, 2.75) is 0 Å². The third-order valence-corrected chi connectivity index (χ3v) is 11.4. The molecule has 12 rings (SSSR count). The number of fused-ring (bicyclic) bond motifs is 11. The standard InChI is InChI=1S/C52H32N2O2/c1-2-13-35(14-3-1)53(37-27-29-43-44-28-24-33-12-4-5-15-39(33)51(44)56-50(43)32-37)36-25-22-34(23-26-36)45-30-38(31-46-42-18-8-11-21-49(42)55-52(45)46)54-47-19-9-6-16-40(47)41-17-7-10-20-48(41)54/h1-32H. The van der Waals surface area contributed by atoms with Crippen LogP contribution < -0.4 is 4.90 Å². The Morgan fingerprint density at radius 1 is 0.357 bits per heavy atom. The van der Waals surface area contributed by atoms with Crippen LogP contribution >= 0.6 is 0 Å². The summed E-state index contributed by atoms with van der Waals surface area (Å²) >= 11 is 0. The lowest BCUT2D eigenvalue weighted by Gasteiger charge is -2.25. The van der Waals surface area contributed by atoms with Gasteiger partial charge in [-0.3, -0.25) is 0 Å². The van der Waals surface area contributed by atoms with E-state index in [1.165, 1.54) is 27.2 Å². The van der Waals surface area contributed by atoms with Gasteiger partial charge in [-0.25, -0.2) is 0 Å². The number of hydrogen-bond donors (Lipinski definition) is 0. The minimum atomic E-state index is 0.862. The molecule has 0 saturated carbocycles. The fourth-order valence-corrected chi connectivity index (χ4v) is 8.80. The van der Waals surface area contributed by atoms with Crippen LogP contribution in [0, 0.1) is 0 Å². The first-order valence-electron chi connectivity index (χ1n) is 19.0. The van der Waals surface area contributed by atoms with Gasteiger partial charge in [0.25, 0.3) is 0 Å². The zero-order valence-corrected chi connectivity index (χ0v) is 30.2. The molecule has 56 heavy (non-hydrogen) atoms. The molecule has 4 nitrogen and oxygen atoms in total. The highest BCUT2D eigenvalue weighted by Gasteiger charge is 2.20. The van der Waals surface area contributed by atoms with Gasteiger partial charge in [0.05, 0.1) is 11.0 Å². The molecule has 0 N–H and O–H groups in total. The summed E-state index contributed by atoms with van der Waals surface area (Å²) in [7, 11) is 0. The second kappa shape index (κ2) is 12.0. The quantitative estimate of drug-likeness (QED) is 0.178. The van der Waals surface area contributed by atoms with Gasteiger partial charge < -0.3 is 18.3 Å². The highest BCUT2D eigenvalue weighted by Crippen LogP contribution is 2.43. The fraction of sp³-hybridized carbons (Fsp3) is 0. The molecule has 0 radical (unpaired) electrons. The minimum absolute atomic E-state index is 0.862. The number of rotatable bonds is 5. The number of hydrogen-bond acceptors (Lipinski definition) is 3. The Balaban J connectivity index is 1.03. The van der Waals surface area contributed by atoms with E-state index in [9.17, 15) is 0 Å². The molecule has 0 aliphatic rings. The molecule has 0 spiro atoms. The highest BCUT2D eigenvalue weighted by atomic mass is 16.3. The highest BCUT2D eigenvalue weighted by molar-refractivity contribution is 6.16. The third-order valence-electron chi connectivity index (χ3n) is 11.4. The Morgan fingerprint density at radius 3 is 1.73 bits per heavy atom. The van der Waals surface area contributed by atoms with E-state index in [0.717, 1.165) is 83.1 Å². The van der Waals surface area contributed by atoms with Gasteiger partial charge in [0.15, 0.2) is 0 Å². The molecule has 3 heterocycles. The van der Waals surface area contributed by atoms with Crippen LogP contribution in [0.2, 0.25) is 0 Å². The van der Waals surface area contributed by atoms with Crippen molar-refractivity contribution in [3.63, 3.8) is 0 Å². The van der Waals surface area contributed by atoms with Gasteiger partial charge in [-0.05, 0) is 83.7 Å². The number of furan rings is 2. The molecule has 0 atom stereocenters. The van der Waals surface area contributed by atoms with Crippen LogP contribution in [-0.2, 0) is 0 Å². The number of benzene rings is 9. The summed E-state index contributed by atoms with van der Waals surface area (Å²) in [4.78, 5) is 2.29. The fourth-order valence-electron chi connectivity index (χ4n) is 8.80. The Hall–Kier alpha value is -7.56. The van der Waals surface area contributed by atoms with E-state index in [1.54, 1.807) is 0 Å². The maximum atomic E-state index is 6.66. The molecule has 9 aromatic carbocycles. The van der Waals surface area contributed by atoms with E-state index in [4.69, 9.17) is 8.83 Å². The van der Waals surface area contributed by atoms with Crippen LogP contribution in [-0.4, -0.2) is 4.57 Å². The third kappa shape index (κ3) is 4.60. The van der Waals surface area contributed by atoms with Crippen molar-refractivity contribution < 1.29 is 8.83 Å². The molecule has 0 fully saturated rings. The summed E-state index contributed by atoms with van der Waals surface area (Å²) in [6.45, 7) is 0. The summed E-state index contributed by atoms with van der Waals surface area (Å²) in [6, 6.07) is 68.9. The first-order chi connectivity index (χ1) is 27.8. The average molecular weight is 717 g/mol. The predicted octanol–water partition coefficient (Wildman–Crippen LogP) is 14.9. The van der Waals surface area contributed by atoms with Crippen molar-refractivity contribution in [2.75, 3.05) is 4.90 Å². The smallest absolute Gasteiger partial charge is 0.143 e. The van der Waals surface area contributed by atoms with E-state index in [2.05, 4.69) is 198 Å². The predicted molar refractivity (Wildman–Crippen MR) is 233 cm³/mol. The Bertz CT molecular complexity index is 3430. The van der Waals surface area contributed by atoms with Gasteiger partial charge in [-0.15, -0.1) is 0 Å². The molecule has 0 unspecified atom stereocenters. The number of para-hydroxylation sites is 4. The molecule has 4 heteroatoms. The van der Waals surface area contributed by atoms with Crippen molar-refractivity contribution in [1.29, 1.82) is 0 Å². The average Bonchev–Trinajstić information content (AvgIpc) is 3.94. The van der Waals surface area contributed by atoms with Crippen LogP contribution in [0.4, 0.5) is 17.1 Å². The molecule has 3 aromatic heterocycles. The molecule has 0 bridgehead atoms. The largest absolute Gasteiger partial charge is 0.455 e. The van der Waals surface area contributed by atoms with Gasteiger partial charge in [0.2, 0.25) is 0 Å². The summed E-state index contributed by atoms with van der Waals surface area (Å²) in [5.41, 5.74) is 12.2. The normalized spacial score (nSPS) is 11.9. The molecule has 0 saturated heterocycles. The topological polar surface area (TPSA) is 34.5 Å². The number of anilines is 3. The van der Waals surface area contributed by atoms with E-state index >= 15 is 0 Å². The lowest BCUT2D eigenvalue weighted by molar-refractivity contribution is 0.670. The summed E-state index contributed by atoms with van der Waals surface area (Å²) in [5, 5.41) is 9.20. The van der Waals surface area contributed by atoms with Crippen molar-refractivity contribution in [3.8, 4) is 16.8 Å². The van der Waals surface area contributed by atoms with Gasteiger partial charge in [0.1, 0.15) is 22.3 Å². The lowest BCUT2D eigenvalue weighted by Crippen LogP contribution is -2.09. The molecule has 12 aromatic rings. The maximum absolute atomic E-state index is 6.66. The zero-order valence-electron chi connectivity index (χ0n) is 30.2. The van der Waals surface area contributed by atoms with Gasteiger partial charge in [-0.1, -0.05) is 115 Å². The molecular weight excluding hydrogens is 685 g/mol. The van der Waals surface area contributed by atoms with Crippen molar-refractivity contribution in [2.24, 2.45) is 0 Å². The number of aromatic nitrogens is 1. The molecular formula is C52H32N2O2. The monoisotopic (exact) mass is 716 g/mol. The lowest BCUT2D eigenvalue weighted by atomic mass is 10.00. The Kier molecular flexibility index (Phi) is 6.60. The van der Waals surface area contributed by atoms with Gasteiger partial charge >= 0.3 is 0 Å². The Labute approximate surface area is 321 Å². The molecule has 0 amide bonds. The van der Waals surface area contributed by atoms with Crippen LogP contribution in [0.1, 0.15) is 0 Å². The second-order valence-corrected chi connectivity index (χ2v) is 14.5. The minimum Gasteiger partial charge on any atom is -0.455 e. The van der Waals surface area contributed by atoms with Crippen molar-refractivity contribution in [3.05, 3.63) is 194 Å². The molecule has 0 aliphatic heterocycles. The van der Waals surface area contributed by atoms with Crippen LogP contribution in [0.15, 0.2) is 203 Å². The second-order valence-electron chi connectivity index (χ2n) is 14.5. The van der Waals surface area contributed by atoms with Crippen LogP contribution in [0.3, 0.4) is 0 Å². The van der Waals surface area contributed by atoms with E-state index < -0.39 is 0 Å². The Morgan fingerprint density at radius 2 is 0.946 bits per heavy atom. The summed E-state index contributed by atoms with van der Waals surface area (Å²) < 4.78 is 15.7. The molecule has 0 aliphatic carbocycles. The summed E-state index contributed by atoms with van der Waals surface area (Å²) in [6.07, 6.45) is 0. The van der Waals surface area contributed by atoms with E-state index in [0.29, 0.717) is 0 Å². The van der Waals surface area contributed by atoms with Crippen LogP contribution in [0.25, 0.3) is 93.3 Å². The van der Waals surface area contributed by atoms with Crippen molar-refractivity contribution in [1.82, 2.24) is 4.57 Å². The van der Waals surface area contributed by atoms with Crippen LogP contribution in [0.5, 0.6) is 0 Å².